The maximum absolute atomic E-state index is 12.5. The van der Waals surface area contributed by atoms with Crippen LogP contribution in [0.3, 0.4) is 0 Å². The van der Waals surface area contributed by atoms with Gasteiger partial charge in [-0.15, -0.1) is 0 Å². The smallest absolute Gasteiger partial charge is 0.263 e. The Morgan fingerprint density at radius 3 is 2.33 bits per heavy atom. The van der Waals surface area contributed by atoms with E-state index in [4.69, 9.17) is 4.84 Å². The Morgan fingerprint density at radius 1 is 1.08 bits per heavy atom. The lowest BCUT2D eigenvalue weighted by atomic mass is 9.85. The summed E-state index contributed by atoms with van der Waals surface area (Å²) in [4.78, 5) is 43.2. The summed E-state index contributed by atoms with van der Waals surface area (Å²) in [6.07, 6.45) is 4.94. The van der Waals surface area contributed by atoms with Crippen molar-refractivity contribution in [2.24, 2.45) is 23.7 Å². The topological polar surface area (TPSA) is 75.7 Å². The predicted octanol–water partition coefficient (Wildman–Crippen LogP) is 1.04. The molecule has 1 aromatic carbocycles. The number of nitrogens with one attached hydrogen (secondary N) is 1. The highest BCUT2D eigenvalue weighted by molar-refractivity contribution is 6.08. The molecule has 124 valence electrons. The van der Waals surface area contributed by atoms with Gasteiger partial charge in [0.15, 0.2) is 0 Å². The number of carbonyl (C=O) groups excluding carboxylic acids is 3. The van der Waals surface area contributed by atoms with Crippen LogP contribution in [-0.4, -0.2) is 29.2 Å². The van der Waals surface area contributed by atoms with Gasteiger partial charge >= 0.3 is 0 Å². The van der Waals surface area contributed by atoms with E-state index < -0.39 is 5.91 Å². The van der Waals surface area contributed by atoms with Crippen molar-refractivity contribution in [1.82, 2.24) is 10.4 Å². The lowest BCUT2D eigenvalue weighted by molar-refractivity contribution is -0.148. The second kappa shape index (κ2) is 5.87. The van der Waals surface area contributed by atoms with Gasteiger partial charge in [0.2, 0.25) is 11.8 Å². The number of fused-ring (bicyclic) bond motifs is 5. The molecular weight excluding hydrogens is 308 g/mol. The lowest BCUT2D eigenvalue weighted by Gasteiger charge is -2.16. The van der Waals surface area contributed by atoms with Gasteiger partial charge in [0.25, 0.3) is 5.91 Å². The summed E-state index contributed by atoms with van der Waals surface area (Å²) in [5.41, 5.74) is 3.22. The van der Waals surface area contributed by atoms with E-state index in [1.807, 2.05) is 42.5 Å². The third kappa shape index (κ3) is 2.43. The van der Waals surface area contributed by atoms with Crippen LogP contribution in [0.1, 0.15) is 12.0 Å². The van der Waals surface area contributed by atoms with Crippen LogP contribution in [0, 0.1) is 23.7 Å². The van der Waals surface area contributed by atoms with Crippen LogP contribution in [0.2, 0.25) is 0 Å². The number of imide groups is 1. The van der Waals surface area contributed by atoms with Gasteiger partial charge in [-0.25, -0.2) is 5.48 Å². The molecule has 6 nitrogen and oxygen atoms in total. The molecule has 1 aliphatic heterocycles. The molecule has 24 heavy (non-hydrogen) atoms. The highest BCUT2D eigenvalue weighted by Gasteiger charge is 2.59. The number of hydrogen-bond acceptors (Lipinski definition) is 4. The molecule has 0 aromatic heterocycles. The lowest BCUT2D eigenvalue weighted by Crippen LogP contribution is -2.41. The molecule has 2 bridgehead atoms. The normalized spacial score (nSPS) is 30.1. The van der Waals surface area contributed by atoms with Gasteiger partial charge < -0.3 is 0 Å². The molecule has 0 spiro atoms. The number of carbonyl (C=O) groups is 3. The van der Waals surface area contributed by atoms with Crippen LogP contribution < -0.4 is 5.48 Å². The standard InChI is InChI=1S/C18H18N2O4/c21-14(19-24-10-11-4-2-1-3-5-11)9-20-17(22)15-12-6-7-13(8-12)16(15)18(20)23/h1-7,12-13,15-16H,8-10H2,(H,19,21)/t12-,13-,15-,16-/m0/s1. The number of benzene rings is 1. The first-order chi connectivity index (χ1) is 11.6. The summed E-state index contributed by atoms with van der Waals surface area (Å²) in [6, 6.07) is 9.41. The summed E-state index contributed by atoms with van der Waals surface area (Å²) in [5, 5.41) is 0. The summed E-state index contributed by atoms with van der Waals surface area (Å²) < 4.78 is 0. The number of rotatable bonds is 5. The highest BCUT2D eigenvalue weighted by atomic mass is 16.6. The molecule has 3 aliphatic rings. The fourth-order valence-corrected chi connectivity index (χ4v) is 4.07. The van der Waals surface area contributed by atoms with E-state index in [0.717, 1.165) is 16.9 Å². The first-order valence-corrected chi connectivity index (χ1v) is 8.13. The predicted molar refractivity (Wildman–Crippen MR) is 83.8 cm³/mol. The molecule has 1 N–H and O–H groups in total. The third-order valence-electron chi connectivity index (χ3n) is 5.13. The fourth-order valence-electron chi connectivity index (χ4n) is 4.07. The minimum Gasteiger partial charge on any atom is -0.274 e. The van der Waals surface area contributed by atoms with Gasteiger partial charge in [-0.3, -0.25) is 24.1 Å². The monoisotopic (exact) mass is 326 g/mol. The SMILES string of the molecule is O=C(CN1C(=O)[C@@H]2[C@@H](C1=O)[C@H]1C=C[C@H]2C1)NOCc1ccccc1. The minimum absolute atomic E-state index is 0.152. The van der Waals surface area contributed by atoms with Gasteiger partial charge in [0.05, 0.1) is 18.4 Å². The number of nitrogens with zero attached hydrogens (tertiary/aromatic N) is 1. The average molecular weight is 326 g/mol. The zero-order valence-corrected chi connectivity index (χ0v) is 13.1. The molecule has 1 aromatic rings. The van der Waals surface area contributed by atoms with E-state index in [1.54, 1.807) is 0 Å². The summed E-state index contributed by atoms with van der Waals surface area (Å²) in [5.74, 6) is -1.18. The Morgan fingerprint density at radius 2 is 1.71 bits per heavy atom. The maximum Gasteiger partial charge on any atom is 0.263 e. The molecule has 1 saturated carbocycles. The van der Waals surface area contributed by atoms with Crippen LogP contribution in [0.4, 0.5) is 0 Å². The minimum atomic E-state index is -0.493. The summed E-state index contributed by atoms with van der Waals surface area (Å²) in [7, 11) is 0. The largest absolute Gasteiger partial charge is 0.274 e. The van der Waals surface area contributed by atoms with Crippen LogP contribution in [0.5, 0.6) is 0 Å². The maximum atomic E-state index is 12.5. The number of allylic oxidation sites excluding steroid dienone is 2. The number of amides is 3. The summed E-state index contributed by atoms with van der Waals surface area (Å²) in [6.45, 7) is -0.0489. The molecule has 4 rings (SSSR count). The van der Waals surface area contributed by atoms with Crippen molar-refractivity contribution in [3.8, 4) is 0 Å². The van der Waals surface area contributed by atoms with Crippen LogP contribution in [0.25, 0.3) is 0 Å². The molecule has 0 unspecified atom stereocenters. The zero-order chi connectivity index (χ0) is 16.7. The van der Waals surface area contributed by atoms with Gasteiger partial charge in [0, 0.05) is 0 Å². The molecular formula is C18H18N2O4. The number of likely N-dealkylation sites (tertiary alicyclic amines) is 1. The van der Waals surface area contributed by atoms with E-state index in [1.165, 1.54) is 0 Å². The fraction of sp³-hybridized carbons (Fsp3) is 0.389. The van der Waals surface area contributed by atoms with Crippen molar-refractivity contribution in [2.75, 3.05) is 6.54 Å². The Hall–Kier alpha value is -2.47. The van der Waals surface area contributed by atoms with E-state index in [9.17, 15) is 14.4 Å². The van der Waals surface area contributed by atoms with Crippen molar-refractivity contribution in [3.05, 3.63) is 48.0 Å². The van der Waals surface area contributed by atoms with E-state index in [-0.39, 0.29) is 48.6 Å². The van der Waals surface area contributed by atoms with Crippen molar-refractivity contribution in [2.45, 2.75) is 13.0 Å². The van der Waals surface area contributed by atoms with Crippen molar-refractivity contribution < 1.29 is 19.2 Å². The molecule has 0 radical (unpaired) electrons. The second-order valence-corrected chi connectivity index (χ2v) is 6.56. The molecule has 1 saturated heterocycles. The molecule has 3 amide bonds. The van der Waals surface area contributed by atoms with Crippen molar-refractivity contribution in [3.63, 3.8) is 0 Å². The van der Waals surface area contributed by atoms with Gasteiger partial charge in [-0.05, 0) is 23.8 Å². The summed E-state index contributed by atoms with van der Waals surface area (Å²) >= 11 is 0. The Balaban J connectivity index is 1.32. The average Bonchev–Trinajstić information content (AvgIpc) is 3.26. The molecule has 4 atom stereocenters. The third-order valence-corrected chi connectivity index (χ3v) is 5.13. The number of hydroxylamine groups is 1. The van der Waals surface area contributed by atoms with E-state index in [2.05, 4.69) is 5.48 Å². The van der Waals surface area contributed by atoms with Crippen LogP contribution in [-0.2, 0) is 25.8 Å². The highest BCUT2D eigenvalue weighted by Crippen LogP contribution is 2.52. The molecule has 2 fully saturated rings. The Kier molecular flexibility index (Phi) is 3.69. The number of hydrogen-bond donors (Lipinski definition) is 1. The second-order valence-electron chi connectivity index (χ2n) is 6.56. The molecule has 6 heteroatoms. The first-order valence-electron chi connectivity index (χ1n) is 8.13. The molecule has 2 aliphatic carbocycles. The van der Waals surface area contributed by atoms with Crippen LogP contribution in [0.15, 0.2) is 42.5 Å². The van der Waals surface area contributed by atoms with Crippen LogP contribution >= 0.6 is 0 Å². The van der Waals surface area contributed by atoms with Gasteiger partial charge in [-0.1, -0.05) is 42.5 Å². The zero-order valence-electron chi connectivity index (χ0n) is 13.1. The van der Waals surface area contributed by atoms with E-state index in [0.29, 0.717) is 0 Å². The Labute approximate surface area is 139 Å². The van der Waals surface area contributed by atoms with Crippen molar-refractivity contribution in [1.29, 1.82) is 0 Å². The first kappa shape index (κ1) is 15.1. The van der Waals surface area contributed by atoms with Gasteiger partial charge in [-0.2, -0.15) is 0 Å². The van der Waals surface area contributed by atoms with Gasteiger partial charge in [0.1, 0.15) is 6.54 Å². The van der Waals surface area contributed by atoms with Crippen molar-refractivity contribution >= 4 is 17.7 Å². The quantitative estimate of drug-likeness (QED) is 0.498. The molecule has 1 heterocycles. The Bertz CT molecular complexity index is 685. The van der Waals surface area contributed by atoms with E-state index >= 15 is 0 Å².